The molecular formula is C7H12N4S2. The molecule has 13 heavy (non-hydrogen) atoms. The zero-order valence-corrected chi connectivity index (χ0v) is 8.99. The van der Waals surface area contributed by atoms with Crippen LogP contribution in [0.25, 0.3) is 0 Å². The van der Waals surface area contributed by atoms with E-state index < -0.39 is 0 Å². The fourth-order valence-electron chi connectivity index (χ4n) is 0.872. The van der Waals surface area contributed by atoms with Crippen molar-refractivity contribution in [3.63, 3.8) is 0 Å². The normalized spacial score (nSPS) is 12.7. The summed E-state index contributed by atoms with van der Waals surface area (Å²) in [5.74, 6) is 0.240. The standard InChI is InChI=1S/C7H12N4S2/c1-2-5(3-6(8)9)12-7-10-4-11-13-7/h4-5H,2-3H2,1H3,(H3,8,9). The first-order chi connectivity index (χ1) is 6.22. The molecule has 1 aromatic rings. The summed E-state index contributed by atoms with van der Waals surface area (Å²) in [4.78, 5) is 4.07. The monoisotopic (exact) mass is 216 g/mol. The van der Waals surface area contributed by atoms with Crippen LogP contribution in [0.4, 0.5) is 0 Å². The highest BCUT2D eigenvalue weighted by molar-refractivity contribution is 8.01. The smallest absolute Gasteiger partial charge is 0.170 e. The zero-order valence-electron chi connectivity index (χ0n) is 7.36. The number of nitrogens with zero attached hydrogens (tertiary/aromatic N) is 2. The van der Waals surface area contributed by atoms with Gasteiger partial charge in [0.1, 0.15) is 6.33 Å². The van der Waals surface area contributed by atoms with Crippen molar-refractivity contribution < 1.29 is 0 Å². The first kappa shape index (κ1) is 10.5. The van der Waals surface area contributed by atoms with Crippen LogP contribution in [0.2, 0.25) is 0 Å². The maximum Gasteiger partial charge on any atom is 0.170 e. The molecule has 6 heteroatoms. The highest BCUT2D eigenvalue weighted by Crippen LogP contribution is 2.27. The first-order valence-electron chi connectivity index (χ1n) is 3.98. The lowest BCUT2D eigenvalue weighted by Crippen LogP contribution is -2.16. The van der Waals surface area contributed by atoms with Crippen molar-refractivity contribution in [1.29, 1.82) is 5.41 Å². The molecule has 0 aliphatic heterocycles. The van der Waals surface area contributed by atoms with E-state index in [-0.39, 0.29) is 5.84 Å². The van der Waals surface area contributed by atoms with Gasteiger partial charge in [-0.05, 0) is 18.0 Å². The Kier molecular flexibility index (Phi) is 4.17. The minimum atomic E-state index is 0.240. The first-order valence-corrected chi connectivity index (χ1v) is 5.64. The predicted molar refractivity (Wildman–Crippen MR) is 56.4 cm³/mol. The maximum atomic E-state index is 7.19. The zero-order chi connectivity index (χ0) is 9.68. The number of thioether (sulfide) groups is 1. The van der Waals surface area contributed by atoms with Crippen molar-refractivity contribution >= 4 is 29.1 Å². The van der Waals surface area contributed by atoms with Crippen LogP contribution in [-0.4, -0.2) is 20.4 Å². The summed E-state index contributed by atoms with van der Waals surface area (Å²) in [7, 11) is 0. The average Bonchev–Trinajstić information content (AvgIpc) is 2.55. The van der Waals surface area contributed by atoms with Crippen molar-refractivity contribution in [1.82, 2.24) is 9.36 Å². The summed E-state index contributed by atoms with van der Waals surface area (Å²) < 4.78 is 4.87. The number of rotatable bonds is 5. The van der Waals surface area contributed by atoms with Crippen LogP contribution in [-0.2, 0) is 0 Å². The van der Waals surface area contributed by atoms with E-state index in [4.69, 9.17) is 11.1 Å². The number of nitrogens with two attached hydrogens (primary N) is 1. The largest absolute Gasteiger partial charge is 0.388 e. The number of amidine groups is 1. The quantitative estimate of drug-likeness (QED) is 0.446. The van der Waals surface area contributed by atoms with Crippen LogP contribution < -0.4 is 5.73 Å². The van der Waals surface area contributed by atoms with Crippen molar-refractivity contribution in [3.05, 3.63) is 6.33 Å². The third kappa shape index (κ3) is 3.73. The lowest BCUT2D eigenvalue weighted by Gasteiger charge is -2.10. The highest BCUT2D eigenvalue weighted by atomic mass is 32.2. The molecule has 0 radical (unpaired) electrons. The van der Waals surface area contributed by atoms with Crippen molar-refractivity contribution in [2.24, 2.45) is 5.73 Å². The molecule has 1 aromatic heterocycles. The second-order valence-electron chi connectivity index (χ2n) is 2.58. The molecule has 0 fully saturated rings. The van der Waals surface area contributed by atoms with E-state index in [1.54, 1.807) is 18.1 Å². The summed E-state index contributed by atoms with van der Waals surface area (Å²) >= 11 is 3.03. The van der Waals surface area contributed by atoms with Gasteiger partial charge in [0, 0.05) is 11.7 Å². The Hall–Kier alpha value is -0.620. The minimum absolute atomic E-state index is 0.240. The van der Waals surface area contributed by atoms with E-state index in [0.29, 0.717) is 11.7 Å². The molecule has 4 nitrogen and oxygen atoms in total. The predicted octanol–water partition coefficient (Wildman–Crippen LogP) is 1.73. The third-order valence-electron chi connectivity index (χ3n) is 1.51. The van der Waals surface area contributed by atoms with Gasteiger partial charge in [-0.1, -0.05) is 18.7 Å². The van der Waals surface area contributed by atoms with E-state index in [9.17, 15) is 0 Å². The van der Waals surface area contributed by atoms with Gasteiger partial charge in [0.05, 0.1) is 5.84 Å². The van der Waals surface area contributed by atoms with Gasteiger partial charge in [-0.2, -0.15) is 4.37 Å². The molecule has 1 unspecified atom stereocenters. The number of aromatic nitrogens is 2. The molecule has 0 aromatic carbocycles. The van der Waals surface area contributed by atoms with Gasteiger partial charge in [-0.15, -0.1) is 0 Å². The molecule has 3 N–H and O–H groups in total. The van der Waals surface area contributed by atoms with Crippen molar-refractivity contribution in [3.8, 4) is 0 Å². The fourth-order valence-corrected chi connectivity index (χ4v) is 2.68. The molecule has 0 bridgehead atoms. The van der Waals surface area contributed by atoms with E-state index in [1.807, 2.05) is 0 Å². The van der Waals surface area contributed by atoms with Crippen LogP contribution in [0, 0.1) is 5.41 Å². The molecule has 1 atom stereocenters. The van der Waals surface area contributed by atoms with Gasteiger partial charge in [0.15, 0.2) is 4.34 Å². The van der Waals surface area contributed by atoms with Gasteiger partial charge in [-0.25, -0.2) is 4.98 Å². The van der Waals surface area contributed by atoms with E-state index in [2.05, 4.69) is 16.3 Å². The number of hydrogen-bond acceptors (Lipinski definition) is 5. The van der Waals surface area contributed by atoms with Crippen molar-refractivity contribution in [2.75, 3.05) is 0 Å². The Morgan fingerprint density at radius 3 is 3.08 bits per heavy atom. The molecule has 0 aliphatic carbocycles. The summed E-state index contributed by atoms with van der Waals surface area (Å²) in [5, 5.41) is 7.54. The molecule has 72 valence electrons. The molecule has 0 aliphatic rings. The molecule has 1 rings (SSSR count). The third-order valence-corrected chi connectivity index (χ3v) is 3.63. The van der Waals surface area contributed by atoms with Crippen LogP contribution in [0.5, 0.6) is 0 Å². The Morgan fingerprint density at radius 2 is 2.62 bits per heavy atom. The van der Waals surface area contributed by atoms with Gasteiger partial charge in [-0.3, -0.25) is 5.41 Å². The SMILES string of the molecule is CCC(CC(=N)N)Sc1ncns1. The van der Waals surface area contributed by atoms with Crippen LogP contribution >= 0.6 is 23.3 Å². The summed E-state index contributed by atoms with van der Waals surface area (Å²) in [6.07, 6.45) is 3.16. The second-order valence-corrected chi connectivity index (χ2v) is 4.91. The molecule has 0 saturated carbocycles. The van der Waals surface area contributed by atoms with Crippen LogP contribution in [0.15, 0.2) is 10.7 Å². The topological polar surface area (TPSA) is 75.7 Å². The number of nitrogens with one attached hydrogen (secondary N) is 1. The Bertz CT molecular complexity index is 259. The second kappa shape index (κ2) is 5.18. The lowest BCUT2D eigenvalue weighted by atomic mass is 10.2. The van der Waals surface area contributed by atoms with Gasteiger partial charge in [0.25, 0.3) is 0 Å². The van der Waals surface area contributed by atoms with E-state index in [0.717, 1.165) is 10.8 Å². The van der Waals surface area contributed by atoms with Crippen LogP contribution in [0.3, 0.4) is 0 Å². The highest BCUT2D eigenvalue weighted by Gasteiger charge is 2.11. The van der Waals surface area contributed by atoms with E-state index in [1.165, 1.54) is 11.5 Å². The summed E-state index contributed by atoms with van der Waals surface area (Å²) in [5.41, 5.74) is 5.34. The maximum absolute atomic E-state index is 7.19. The van der Waals surface area contributed by atoms with E-state index >= 15 is 0 Å². The molecule has 0 spiro atoms. The average molecular weight is 216 g/mol. The van der Waals surface area contributed by atoms with Gasteiger partial charge >= 0.3 is 0 Å². The van der Waals surface area contributed by atoms with Crippen molar-refractivity contribution in [2.45, 2.75) is 29.4 Å². The lowest BCUT2D eigenvalue weighted by molar-refractivity contribution is 0.848. The van der Waals surface area contributed by atoms with Gasteiger partial charge < -0.3 is 5.73 Å². The minimum Gasteiger partial charge on any atom is -0.388 e. The molecule has 0 amide bonds. The summed E-state index contributed by atoms with van der Waals surface area (Å²) in [6, 6.07) is 0. The Labute approximate surface area is 85.6 Å². The Morgan fingerprint density at radius 1 is 1.85 bits per heavy atom. The molecular weight excluding hydrogens is 204 g/mol. The van der Waals surface area contributed by atoms with Crippen LogP contribution in [0.1, 0.15) is 19.8 Å². The molecule has 0 saturated heterocycles. The number of hydrogen-bond donors (Lipinski definition) is 2. The fraction of sp³-hybridized carbons (Fsp3) is 0.571. The summed E-state index contributed by atoms with van der Waals surface area (Å²) in [6.45, 7) is 2.08. The van der Waals surface area contributed by atoms with Gasteiger partial charge in [0.2, 0.25) is 0 Å². The Balaban J connectivity index is 2.45. The molecule has 1 heterocycles.